The van der Waals surface area contributed by atoms with E-state index in [1.54, 1.807) is 18.9 Å². The van der Waals surface area contributed by atoms with Crippen molar-refractivity contribution in [3.63, 3.8) is 0 Å². The SMILES string of the molecule is Cc1sc(-n2cccc2)c(C(=O)OC(C)C(=O)N(C)Cc2ccccc2)c1C. The van der Waals surface area contributed by atoms with Crippen molar-refractivity contribution < 1.29 is 14.3 Å². The Morgan fingerprint density at radius 1 is 1.11 bits per heavy atom. The zero-order chi connectivity index (χ0) is 20.3. The number of ether oxygens (including phenoxy) is 1. The van der Waals surface area contributed by atoms with Crippen LogP contribution in [0.15, 0.2) is 54.9 Å². The van der Waals surface area contributed by atoms with Crippen molar-refractivity contribution in [2.45, 2.75) is 33.4 Å². The van der Waals surface area contributed by atoms with E-state index in [1.807, 2.05) is 73.3 Å². The lowest BCUT2D eigenvalue weighted by atomic mass is 10.1. The molecule has 3 aromatic rings. The van der Waals surface area contributed by atoms with Crippen LogP contribution in [0, 0.1) is 13.8 Å². The van der Waals surface area contributed by atoms with Gasteiger partial charge in [-0.05, 0) is 44.0 Å². The Bertz CT molecular complexity index is 961. The molecule has 0 N–H and O–H groups in total. The summed E-state index contributed by atoms with van der Waals surface area (Å²) in [5.74, 6) is -0.705. The number of likely N-dealkylation sites (N-methyl/N-ethyl adjacent to an activating group) is 1. The highest BCUT2D eigenvalue weighted by Crippen LogP contribution is 2.31. The summed E-state index contributed by atoms with van der Waals surface area (Å²) in [5.41, 5.74) is 2.43. The Morgan fingerprint density at radius 3 is 2.39 bits per heavy atom. The van der Waals surface area contributed by atoms with Gasteiger partial charge in [0, 0.05) is 30.9 Å². The van der Waals surface area contributed by atoms with Gasteiger partial charge in [0.05, 0.1) is 5.56 Å². The van der Waals surface area contributed by atoms with Gasteiger partial charge in [-0.2, -0.15) is 0 Å². The predicted octanol–water partition coefficient (Wildman–Crippen LogP) is 4.36. The highest BCUT2D eigenvalue weighted by atomic mass is 32.1. The van der Waals surface area contributed by atoms with Crippen LogP contribution in [-0.2, 0) is 16.1 Å². The second kappa shape index (κ2) is 8.44. The van der Waals surface area contributed by atoms with Crippen molar-refractivity contribution in [2.75, 3.05) is 7.05 Å². The van der Waals surface area contributed by atoms with Crippen molar-refractivity contribution in [1.29, 1.82) is 0 Å². The van der Waals surface area contributed by atoms with Crippen molar-refractivity contribution in [3.8, 4) is 5.00 Å². The maximum Gasteiger partial charge on any atom is 0.342 e. The molecule has 3 rings (SSSR count). The Morgan fingerprint density at radius 2 is 1.75 bits per heavy atom. The lowest BCUT2D eigenvalue weighted by Gasteiger charge is -2.22. The molecule has 1 unspecified atom stereocenters. The van der Waals surface area contributed by atoms with Crippen molar-refractivity contribution >= 4 is 23.2 Å². The van der Waals surface area contributed by atoms with Crippen LogP contribution in [-0.4, -0.2) is 34.5 Å². The van der Waals surface area contributed by atoms with Crippen LogP contribution < -0.4 is 0 Å². The van der Waals surface area contributed by atoms with Crippen LogP contribution in [0.1, 0.15) is 33.3 Å². The summed E-state index contributed by atoms with van der Waals surface area (Å²) in [6.45, 7) is 5.97. The molecule has 0 aliphatic heterocycles. The van der Waals surface area contributed by atoms with Crippen molar-refractivity contribution in [3.05, 3.63) is 76.4 Å². The van der Waals surface area contributed by atoms with Crippen LogP contribution in [0.3, 0.4) is 0 Å². The summed E-state index contributed by atoms with van der Waals surface area (Å²) < 4.78 is 7.45. The van der Waals surface area contributed by atoms with Crippen LogP contribution in [0.4, 0.5) is 0 Å². The average molecular weight is 397 g/mol. The van der Waals surface area contributed by atoms with E-state index < -0.39 is 12.1 Å². The van der Waals surface area contributed by atoms with Crippen LogP contribution in [0.5, 0.6) is 0 Å². The lowest BCUT2D eigenvalue weighted by molar-refractivity contribution is -0.139. The van der Waals surface area contributed by atoms with E-state index in [9.17, 15) is 9.59 Å². The number of hydrogen-bond donors (Lipinski definition) is 0. The fraction of sp³-hybridized carbons (Fsp3) is 0.273. The molecule has 0 fully saturated rings. The van der Waals surface area contributed by atoms with Gasteiger partial charge in [-0.25, -0.2) is 4.79 Å². The normalized spacial score (nSPS) is 11.9. The van der Waals surface area contributed by atoms with E-state index in [4.69, 9.17) is 4.74 Å². The van der Waals surface area contributed by atoms with Gasteiger partial charge >= 0.3 is 5.97 Å². The Labute approximate surface area is 169 Å². The van der Waals surface area contributed by atoms with E-state index >= 15 is 0 Å². The molecule has 6 heteroatoms. The molecular formula is C22H24N2O3S. The molecule has 0 saturated carbocycles. The number of thiophene rings is 1. The van der Waals surface area contributed by atoms with Gasteiger partial charge in [-0.1, -0.05) is 30.3 Å². The van der Waals surface area contributed by atoms with Crippen LogP contribution >= 0.6 is 11.3 Å². The molecule has 0 aliphatic rings. The molecule has 2 aromatic heterocycles. The Hall–Kier alpha value is -2.86. The number of rotatable bonds is 6. The third kappa shape index (κ3) is 4.17. The molecule has 28 heavy (non-hydrogen) atoms. The average Bonchev–Trinajstić information content (AvgIpc) is 3.30. The van der Waals surface area contributed by atoms with Crippen LogP contribution in [0.2, 0.25) is 0 Å². The first-order chi connectivity index (χ1) is 13.4. The van der Waals surface area contributed by atoms with Gasteiger partial charge in [0.1, 0.15) is 5.00 Å². The minimum atomic E-state index is -0.863. The Balaban J connectivity index is 1.73. The number of aromatic nitrogens is 1. The van der Waals surface area contributed by atoms with E-state index in [0.29, 0.717) is 12.1 Å². The molecule has 0 saturated heterocycles. The zero-order valence-corrected chi connectivity index (χ0v) is 17.3. The van der Waals surface area contributed by atoms with Crippen LogP contribution in [0.25, 0.3) is 5.00 Å². The summed E-state index contributed by atoms with van der Waals surface area (Å²) in [5, 5.41) is 0.808. The number of carbonyl (C=O) groups is 2. The molecule has 1 atom stereocenters. The second-order valence-electron chi connectivity index (χ2n) is 6.78. The summed E-state index contributed by atoms with van der Waals surface area (Å²) >= 11 is 1.54. The first-order valence-corrected chi connectivity index (χ1v) is 9.93. The first kappa shape index (κ1) is 19.9. The molecule has 0 aliphatic carbocycles. The van der Waals surface area contributed by atoms with Crippen molar-refractivity contribution in [2.24, 2.45) is 0 Å². The quantitative estimate of drug-likeness (QED) is 0.582. The molecular weight excluding hydrogens is 372 g/mol. The molecule has 1 aromatic carbocycles. The number of aryl methyl sites for hydroxylation is 1. The molecule has 146 valence electrons. The molecule has 0 radical (unpaired) electrons. The topological polar surface area (TPSA) is 51.5 Å². The fourth-order valence-corrected chi connectivity index (χ4v) is 4.13. The molecule has 1 amide bonds. The summed E-state index contributed by atoms with van der Waals surface area (Å²) in [6.07, 6.45) is 2.92. The number of benzene rings is 1. The Kier molecular flexibility index (Phi) is 5.99. The van der Waals surface area contributed by atoms with E-state index in [1.165, 1.54) is 11.3 Å². The van der Waals surface area contributed by atoms with E-state index in [2.05, 4.69) is 0 Å². The summed E-state index contributed by atoms with van der Waals surface area (Å²) in [7, 11) is 1.71. The number of nitrogens with zero attached hydrogens (tertiary/aromatic N) is 2. The number of carbonyl (C=O) groups excluding carboxylic acids is 2. The minimum absolute atomic E-state index is 0.232. The fourth-order valence-electron chi connectivity index (χ4n) is 3.02. The van der Waals surface area contributed by atoms with Crippen molar-refractivity contribution in [1.82, 2.24) is 9.47 Å². The van der Waals surface area contributed by atoms with Gasteiger partial charge in [-0.3, -0.25) is 4.79 Å². The summed E-state index contributed by atoms with van der Waals surface area (Å²) in [4.78, 5) is 28.2. The van der Waals surface area contributed by atoms with Gasteiger partial charge in [0.25, 0.3) is 5.91 Å². The molecule has 0 spiro atoms. The van der Waals surface area contributed by atoms with Gasteiger partial charge in [-0.15, -0.1) is 11.3 Å². The number of amides is 1. The maximum atomic E-state index is 12.9. The molecule has 0 bridgehead atoms. The maximum absolute atomic E-state index is 12.9. The lowest BCUT2D eigenvalue weighted by Crippen LogP contribution is -2.37. The third-order valence-corrected chi connectivity index (χ3v) is 5.90. The smallest absolute Gasteiger partial charge is 0.342 e. The third-order valence-electron chi connectivity index (χ3n) is 4.68. The van der Waals surface area contributed by atoms with Gasteiger partial charge < -0.3 is 14.2 Å². The van der Waals surface area contributed by atoms with Gasteiger partial charge in [0.15, 0.2) is 6.10 Å². The van der Waals surface area contributed by atoms with E-state index in [-0.39, 0.29) is 5.91 Å². The predicted molar refractivity (Wildman–Crippen MR) is 111 cm³/mol. The molecule has 2 heterocycles. The largest absolute Gasteiger partial charge is 0.449 e. The molecule has 5 nitrogen and oxygen atoms in total. The minimum Gasteiger partial charge on any atom is -0.449 e. The number of hydrogen-bond acceptors (Lipinski definition) is 4. The highest BCUT2D eigenvalue weighted by molar-refractivity contribution is 7.15. The monoisotopic (exact) mass is 396 g/mol. The highest BCUT2D eigenvalue weighted by Gasteiger charge is 2.27. The van der Waals surface area contributed by atoms with Gasteiger partial charge in [0.2, 0.25) is 0 Å². The zero-order valence-electron chi connectivity index (χ0n) is 16.5. The van der Waals surface area contributed by atoms with E-state index in [0.717, 1.165) is 21.0 Å². The first-order valence-electron chi connectivity index (χ1n) is 9.11. The summed E-state index contributed by atoms with van der Waals surface area (Å²) in [6, 6.07) is 13.5. The number of esters is 1. The standard InChI is InChI=1S/C22H24N2O3S/c1-15-17(3)28-21(24-12-8-9-13-24)19(15)22(26)27-16(2)20(25)23(4)14-18-10-6-5-7-11-18/h5-13,16H,14H2,1-4H3. The second-order valence-corrected chi connectivity index (χ2v) is 7.98.